The zero-order valence-electron chi connectivity index (χ0n) is 35.5. The first-order valence-electron chi connectivity index (χ1n) is 20.1. The molecule has 57 heavy (non-hydrogen) atoms. The van der Waals surface area contributed by atoms with Gasteiger partial charge in [-0.25, -0.2) is 9.59 Å². The summed E-state index contributed by atoms with van der Waals surface area (Å²) in [6, 6.07) is 8.46. The SMILES string of the molecule is CCCOc1ccc2cc1-c1cc(ccc1OCCNC(=O)OC(C)(C)C)C[C@@H](C(=O)OC)NC(=O)[C@H](C)CC(=O)[C@H]2N(C)C(=O)[C@H](CCC)CC(=O)[C@@H](C)CC. The van der Waals surface area contributed by atoms with E-state index in [1.54, 1.807) is 65.1 Å². The Balaban J connectivity index is 2.24. The minimum absolute atomic E-state index is 0.00564. The molecule has 2 aromatic rings. The predicted octanol–water partition coefficient (Wildman–Crippen LogP) is 6.78. The summed E-state index contributed by atoms with van der Waals surface area (Å²) in [6.07, 6.45) is 1.81. The molecule has 1 aliphatic heterocycles. The average Bonchev–Trinajstić information content (AvgIpc) is 3.16. The van der Waals surface area contributed by atoms with Crippen LogP contribution >= 0.6 is 0 Å². The van der Waals surface area contributed by atoms with Crippen LogP contribution in [0.5, 0.6) is 11.5 Å². The van der Waals surface area contributed by atoms with E-state index in [1.807, 2.05) is 33.8 Å². The van der Waals surface area contributed by atoms with Crippen LogP contribution in [0.15, 0.2) is 36.4 Å². The van der Waals surface area contributed by atoms with Crippen LogP contribution in [-0.4, -0.2) is 85.9 Å². The largest absolute Gasteiger partial charge is 0.493 e. The molecule has 0 saturated carbocycles. The van der Waals surface area contributed by atoms with Gasteiger partial charge in [-0.1, -0.05) is 53.2 Å². The summed E-state index contributed by atoms with van der Waals surface area (Å²) in [7, 11) is 2.81. The summed E-state index contributed by atoms with van der Waals surface area (Å²) in [4.78, 5) is 82.3. The minimum Gasteiger partial charge on any atom is -0.493 e. The van der Waals surface area contributed by atoms with Crippen LogP contribution in [0.1, 0.15) is 111 Å². The summed E-state index contributed by atoms with van der Waals surface area (Å²) in [5.74, 6) is -2.70. The first-order valence-corrected chi connectivity index (χ1v) is 20.1. The molecule has 0 aromatic heterocycles. The number of alkyl carbamates (subject to hydrolysis) is 1. The number of fused-ring (bicyclic) bond motifs is 5. The van der Waals surface area contributed by atoms with Gasteiger partial charge in [0.15, 0.2) is 5.78 Å². The third kappa shape index (κ3) is 13.3. The summed E-state index contributed by atoms with van der Waals surface area (Å²) in [5.41, 5.74) is 1.61. The molecule has 13 heteroatoms. The van der Waals surface area contributed by atoms with Gasteiger partial charge in [-0.3, -0.25) is 19.2 Å². The molecule has 0 fully saturated rings. The Kier molecular flexibility index (Phi) is 17.6. The van der Waals surface area contributed by atoms with Crippen molar-refractivity contribution < 1.29 is 47.7 Å². The molecule has 2 aromatic carbocycles. The maximum Gasteiger partial charge on any atom is 0.407 e. The number of hydrogen-bond acceptors (Lipinski definition) is 10. The monoisotopic (exact) mass is 793 g/mol. The number of hydrogen-bond donors (Lipinski definition) is 2. The minimum atomic E-state index is -1.13. The first-order chi connectivity index (χ1) is 26.9. The Labute approximate surface area is 337 Å². The number of rotatable bonds is 16. The van der Waals surface area contributed by atoms with Crippen LogP contribution in [0, 0.1) is 17.8 Å². The van der Waals surface area contributed by atoms with Crippen molar-refractivity contribution in [3.05, 3.63) is 47.5 Å². The molecular weight excluding hydrogens is 730 g/mol. The summed E-state index contributed by atoms with van der Waals surface area (Å²) < 4.78 is 22.9. The van der Waals surface area contributed by atoms with Gasteiger partial charge in [-0.15, -0.1) is 0 Å². The number of likely N-dealkylation sites (N-methyl/N-ethyl adjacent to an activating group) is 1. The number of methoxy groups -OCH3 is 1. The first kappa shape index (κ1) is 46.4. The lowest BCUT2D eigenvalue weighted by Gasteiger charge is -2.32. The Morgan fingerprint density at radius 2 is 1.58 bits per heavy atom. The van der Waals surface area contributed by atoms with E-state index in [0.717, 1.165) is 0 Å². The third-order valence-electron chi connectivity index (χ3n) is 9.98. The van der Waals surface area contributed by atoms with Crippen LogP contribution in [0.2, 0.25) is 0 Å². The van der Waals surface area contributed by atoms with Crippen molar-refractivity contribution in [3.63, 3.8) is 0 Å². The number of carbonyl (C=O) groups excluding carboxylic acids is 6. The quantitative estimate of drug-likeness (QED) is 0.137. The fourth-order valence-corrected chi connectivity index (χ4v) is 6.70. The molecule has 0 saturated heterocycles. The molecule has 3 amide bonds. The van der Waals surface area contributed by atoms with Gasteiger partial charge in [0.2, 0.25) is 11.8 Å². The fraction of sp³-hybridized carbons (Fsp3) is 0.591. The summed E-state index contributed by atoms with van der Waals surface area (Å²) in [6.45, 7) is 15.2. The van der Waals surface area contributed by atoms with E-state index in [4.69, 9.17) is 18.9 Å². The Morgan fingerprint density at radius 3 is 2.19 bits per heavy atom. The highest BCUT2D eigenvalue weighted by atomic mass is 16.6. The molecule has 0 spiro atoms. The number of benzene rings is 2. The van der Waals surface area contributed by atoms with Gasteiger partial charge in [0, 0.05) is 55.2 Å². The standard InChI is InChI=1S/C44H63N3O10/c1-11-14-31(26-35(48)27(4)13-3)41(51)47(9)39-30-16-18-38(55-20-12-2)33(25-30)32-23-29(15-17-37(32)56-21-19-45-43(53)57-44(6,7)8)24-34(42(52)54-10)46-40(50)28(5)22-36(39)49/h15-18,23,25,27-28,31,34,39H,11-14,19-22,24,26H2,1-10H3,(H,45,53)(H,46,50)/t27-,28+,31+,34-,39-/m0/s1. The van der Waals surface area contributed by atoms with Crippen LogP contribution in [0.25, 0.3) is 11.1 Å². The van der Waals surface area contributed by atoms with E-state index in [-0.39, 0.29) is 50.0 Å². The van der Waals surface area contributed by atoms with Gasteiger partial charge in [0.05, 0.1) is 20.3 Å². The summed E-state index contributed by atoms with van der Waals surface area (Å²) in [5, 5.41) is 5.47. The predicted molar refractivity (Wildman–Crippen MR) is 217 cm³/mol. The normalized spacial score (nSPS) is 18.2. The maximum absolute atomic E-state index is 14.5. The molecular formula is C44H63N3O10. The summed E-state index contributed by atoms with van der Waals surface area (Å²) >= 11 is 0. The molecule has 0 unspecified atom stereocenters. The molecule has 1 aliphatic rings. The number of carbonyl (C=O) groups is 6. The molecule has 0 radical (unpaired) electrons. The number of Topliss-reactive ketones (excluding diaryl/α,β-unsaturated/α-hetero) is 2. The highest BCUT2D eigenvalue weighted by Crippen LogP contribution is 2.41. The molecule has 1 heterocycles. The van der Waals surface area contributed by atoms with E-state index >= 15 is 0 Å². The maximum atomic E-state index is 14.5. The van der Waals surface area contributed by atoms with Crippen LogP contribution in [0.3, 0.4) is 0 Å². The lowest BCUT2D eigenvalue weighted by Crippen LogP contribution is -2.46. The fourth-order valence-electron chi connectivity index (χ4n) is 6.70. The zero-order valence-corrected chi connectivity index (χ0v) is 35.5. The second kappa shape index (κ2) is 21.5. The topological polar surface area (TPSA) is 167 Å². The van der Waals surface area contributed by atoms with Crippen LogP contribution in [0.4, 0.5) is 4.79 Å². The lowest BCUT2D eigenvalue weighted by molar-refractivity contribution is -0.146. The van der Waals surface area contributed by atoms with Crippen molar-refractivity contribution >= 4 is 35.4 Å². The van der Waals surface area contributed by atoms with E-state index < -0.39 is 53.3 Å². The number of nitrogens with zero attached hydrogens (tertiary/aromatic N) is 1. The van der Waals surface area contributed by atoms with Crippen molar-refractivity contribution in [3.8, 4) is 22.6 Å². The number of amides is 3. The van der Waals surface area contributed by atoms with E-state index in [9.17, 15) is 28.8 Å². The van der Waals surface area contributed by atoms with Crippen molar-refractivity contribution in [2.45, 2.75) is 118 Å². The lowest BCUT2D eigenvalue weighted by atomic mass is 9.87. The van der Waals surface area contributed by atoms with Crippen molar-refractivity contribution in [1.29, 1.82) is 0 Å². The molecule has 5 atom stereocenters. The Morgan fingerprint density at radius 1 is 0.930 bits per heavy atom. The zero-order chi connectivity index (χ0) is 42.4. The second-order valence-corrected chi connectivity index (χ2v) is 15.9. The highest BCUT2D eigenvalue weighted by Gasteiger charge is 2.36. The third-order valence-corrected chi connectivity index (χ3v) is 9.98. The van der Waals surface area contributed by atoms with E-state index in [0.29, 0.717) is 66.0 Å². The van der Waals surface area contributed by atoms with Gasteiger partial charge in [0.1, 0.15) is 41.6 Å². The molecule has 13 nitrogen and oxygen atoms in total. The molecule has 314 valence electrons. The van der Waals surface area contributed by atoms with Crippen molar-refractivity contribution in [1.82, 2.24) is 15.5 Å². The van der Waals surface area contributed by atoms with E-state index in [2.05, 4.69) is 10.6 Å². The smallest absolute Gasteiger partial charge is 0.407 e. The molecule has 0 aliphatic carbocycles. The number of esters is 1. The van der Waals surface area contributed by atoms with Gasteiger partial charge in [-0.05, 0) is 75.4 Å². The highest BCUT2D eigenvalue weighted by molar-refractivity contribution is 5.96. The average molecular weight is 794 g/mol. The number of ketones is 2. The Hall–Kier alpha value is -4.94. The van der Waals surface area contributed by atoms with Crippen molar-refractivity contribution in [2.75, 3.05) is 33.9 Å². The number of nitrogens with one attached hydrogen (secondary N) is 2. The number of ether oxygens (including phenoxy) is 4. The molecule has 3 rings (SSSR count). The van der Waals surface area contributed by atoms with Gasteiger partial charge in [0.25, 0.3) is 0 Å². The van der Waals surface area contributed by atoms with E-state index in [1.165, 1.54) is 12.0 Å². The second-order valence-electron chi connectivity index (χ2n) is 15.9. The van der Waals surface area contributed by atoms with Crippen molar-refractivity contribution in [2.24, 2.45) is 17.8 Å². The Bertz CT molecular complexity index is 1730. The van der Waals surface area contributed by atoms with Crippen LogP contribution in [-0.2, 0) is 39.9 Å². The molecule has 4 bridgehead atoms. The van der Waals surface area contributed by atoms with Gasteiger partial charge < -0.3 is 34.5 Å². The van der Waals surface area contributed by atoms with Gasteiger partial charge >= 0.3 is 12.1 Å². The van der Waals surface area contributed by atoms with Crippen LogP contribution < -0.4 is 20.1 Å². The molecule has 2 N–H and O–H groups in total. The van der Waals surface area contributed by atoms with Gasteiger partial charge in [-0.2, -0.15) is 0 Å².